The van der Waals surface area contributed by atoms with Gasteiger partial charge in [0.2, 0.25) is 23.6 Å². The Balaban J connectivity index is 5.34. The summed E-state index contributed by atoms with van der Waals surface area (Å²) in [4.78, 5) is 67.7. The predicted octanol–water partition coefficient (Wildman–Crippen LogP) is -6.17. The molecule has 4 atom stereocenters. The lowest BCUT2D eigenvalue weighted by Gasteiger charge is -2.24. The van der Waals surface area contributed by atoms with E-state index in [1.807, 2.05) is 0 Å². The Hall–Kier alpha value is -4.19. The highest BCUT2D eigenvalue weighted by atomic mass is 16.4. The van der Waals surface area contributed by atoms with Crippen LogP contribution in [0.3, 0.4) is 0 Å². The highest BCUT2D eigenvalue weighted by molar-refractivity contribution is 5.95. The molecule has 0 aliphatic carbocycles. The van der Waals surface area contributed by atoms with Crippen LogP contribution in [-0.2, 0) is 24.0 Å². The monoisotopic (exact) mass is 531 g/mol. The molecule has 0 bridgehead atoms. The number of aliphatic hydroxyl groups excluding tert-OH is 1. The van der Waals surface area contributed by atoms with Gasteiger partial charge in [-0.25, -0.2) is 4.79 Å². The number of guanidine groups is 2. The van der Waals surface area contributed by atoms with Crippen molar-refractivity contribution in [2.75, 3.05) is 19.7 Å². The van der Waals surface area contributed by atoms with Crippen molar-refractivity contribution in [2.45, 2.75) is 56.3 Å². The summed E-state index contributed by atoms with van der Waals surface area (Å²) >= 11 is 0. The number of carbonyl (C=O) groups excluding carboxylic acids is 4. The molecule has 0 aromatic rings. The van der Waals surface area contributed by atoms with E-state index in [4.69, 9.17) is 34.4 Å². The zero-order valence-electron chi connectivity index (χ0n) is 20.3. The van der Waals surface area contributed by atoms with E-state index in [9.17, 15) is 34.2 Å². The second-order valence-corrected chi connectivity index (χ2v) is 7.88. The number of nitrogens with two attached hydrogens (primary N) is 6. The Kier molecular flexibility index (Phi) is 15.3. The summed E-state index contributed by atoms with van der Waals surface area (Å²) in [5.74, 6) is -5.28. The van der Waals surface area contributed by atoms with Gasteiger partial charge in [0, 0.05) is 13.1 Å². The fraction of sp³-hybridized carbons (Fsp3) is 0.632. The Labute approximate surface area is 212 Å². The highest BCUT2D eigenvalue weighted by Crippen LogP contribution is 2.03. The molecule has 0 fully saturated rings. The number of aliphatic imine (C=N–C) groups is 2. The molecule has 0 aromatic carbocycles. The van der Waals surface area contributed by atoms with E-state index in [0.29, 0.717) is 0 Å². The molecule has 17 N–H and O–H groups in total. The van der Waals surface area contributed by atoms with Gasteiger partial charge < -0.3 is 60.6 Å². The van der Waals surface area contributed by atoms with Crippen LogP contribution in [0.25, 0.3) is 0 Å². The standard InChI is InChI=1S/C19H37N11O7/c20-9(7-13(21)32)14(33)28-10(3-1-5-26-18(22)23)15(34)30-12(8-31)16(35)29-11(17(36)37)4-2-6-27-19(24)25/h9-12,31H,1-8,20H2,(H2,21,32)(H,28,33)(H,29,35)(H,30,34)(H,36,37)(H4,22,23,26)(H4,24,25,27). The second-order valence-electron chi connectivity index (χ2n) is 7.88. The third kappa shape index (κ3) is 14.7. The number of carboxylic acids is 1. The van der Waals surface area contributed by atoms with E-state index in [1.54, 1.807) is 0 Å². The maximum atomic E-state index is 12.8. The van der Waals surface area contributed by atoms with Gasteiger partial charge in [0.15, 0.2) is 11.9 Å². The summed E-state index contributed by atoms with van der Waals surface area (Å²) in [6.45, 7) is -0.644. The van der Waals surface area contributed by atoms with Crippen molar-refractivity contribution < 1.29 is 34.2 Å². The third-order valence-corrected chi connectivity index (χ3v) is 4.71. The summed E-state index contributed by atoms with van der Waals surface area (Å²) in [5.41, 5.74) is 31.5. The van der Waals surface area contributed by atoms with Crippen LogP contribution >= 0.6 is 0 Å². The van der Waals surface area contributed by atoms with Gasteiger partial charge >= 0.3 is 5.97 Å². The fourth-order valence-electron chi connectivity index (χ4n) is 2.86. The van der Waals surface area contributed by atoms with Gasteiger partial charge in [-0.2, -0.15) is 0 Å². The summed E-state index contributed by atoms with van der Waals surface area (Å²) in [7, 11) is 0. The summed E-state index contributed by atoms with van der Waals surface area (Å²) in [6.07, 6.45) is -0.0876. The van der Waals surface area contributed by atoms with Gasteiger partial charge in [-0.05, 0) is 25.7 Å². The Bertz CT molecular complexity index is 857. The topological polar surface area (TPSA) is 343 Å². The van der Waals surface area contributed by atoms with Crippen molar-refractivity contribution >= 4 is 41.5 Å². The lowest BCUT2D eigenvalue weighted by atomic mass is 10.1. The molecule has 0 saturated heterocycles. The van der Waals surface area contributed by atoms with Crippen molar-refractivity contribution in [3.05, 3.63) is 0 Å². The number of carboxylic acid groups (broad SMARTS) is 1. The minimum absolute atomic E-state index is 0.0139. The molecule has 0 heterocycles. The number of hydrogen-bond acceptors (Lipinski definition) is 9. The summed E-state index contributed by atoms with van der Waals surface area (Å²) in [5, 5.41) is 25.8. The van der Waals surface area contributed by atoms with Crippen LogP contribution in [0.4, 0.5) is 0 Å². The number of rotatable bonds is 18. The molecule has 37 heavy (non-hydrogen) atoms. The molecular weight excluding hydrogens is 494 g/mol. The number of amides is 4. The molecular formula is C19H37N11O7. The Morgan fingerprint density at radius 1 is 0.703 bits per heavy atom. The molecule has 210 valence electrons. The van der Waals surface area contributed by atoms with Crippen LogP contribution in [0.5, 0.6) is 0 Å². The van der Waals surface area contributed by atoms with Crippen molar-refractivity contribution in [1.29, 1.82) is 0 Å². The Morgan fingerprint density at radius 2 is 1.14 bits per heavy atom. The molecule has 0 rings (SSSR count). The number of aliphatic hydroxyl groups is 1. The van der Waals surface area contributed by atoms with Crippen molar-refractivity contribution in [1.82, 2.24) is 16.0 Å². The average molecular weight is 532 g/mol. The van der Waals surface area contributed by atoms with Gasteiger partial charge in [0.1, 0.15) is 18.1 Å². The van der Waals surface area contributed by atoms with E-state index >= 15 is 0 Å². The lowest BCUT2D eigenvalue weighted by Crippen LogP contribution is -2.58. The molecule has 0 aliphatic rings. The zero-order valence-corrected chi connectivity index (χ0v) is 20.3. The van der Waals surface area contributed by atoms with Gasteiger partial charge in [-0.1, -0.05) is 0 Å². The van der Waals surface area contributed by atoms with Crippen LogP contribution < -0.4 is 50.4 Å². The molecule has 18 heteroatoms. The van der Waals surface area contributed by atoms with Crippen molar-refractivity contribution in [2.24, 2.45) is 44.4 Å². The number of hydrogen-bond donors (Lipinski definition) is 11. The quantitative estimate of drug-likeness (QED) is 0.0447. The maximum absolute atomic E-state index is 12.8. The number of nitrogens with zero attached hydrogens (tertiary/aromatic N) is 2. The minimum Gasteiger partial charge on any atom is -0.480 e. The van der Waals surface area contributed by atoms with Gasteiger partial charge in [-0.3, -0.25) is 29.2 Å². The molecule has 0 radical (unpaired) electrons. The summed E-state index contributed by atoms with van der Waals surface area (Å²) in [6, 6.07) is -5.51. The van der Waals surface area contributed by atoms with Gasteiger partial charge in [-0.15, -0.1) is 0 Å². The Morgan fingerprint density at radius 3 is 1.57 bits per heavy atom. The zero-order chi connectivity index (χ0) is 28.5. The first kappa shape index (κ1) is 32.8. The first-order valence-corrected chi connectivity index (χ1v) is 11.2. The number of aliphatic carboxylic acids is 1. The number of primary amides is 1. The van der Waals surface area contributed by atoms with E-state index < -0.39 is 66.8 Å². The number of nitrogens with one attached hydrogen (secondary N) is 3. The lowest BCUT2D eigenvalue weighted by molar-refractivity contribution is -0.142. The average Bonchev–Trinajstić information content (AvgIpc) is 2.79. The molecule has 0 saturated carbocycles. The third-order valence-electron chi connectivity index (χ3n) is 4.71. The molecule has 0 aliphatic heterocycles. The second kappa shape index (κ2) is 17.3. The SMILES string of the molecule is NC(=O)CC(N)C(=O)NC(CCCN=C(N)N)C(=O)NC(CO)C(=O)NC(CCCN=C(N)N)C(=O)O. The van der Waals surface area contributed by atoms with Crippen LogP contribution in [0.15, 0.2) is 9.98 Å². The van der Waals surface area contributed by atoms with Crippen LogP contribution in [0, 0.1) is 0 Å². The van der Waals surface area contributed by atoms with E-state index in [2.05, 4.69) is 25.9 Å². The van der Waals surface area contributed by atoms with Gasteiger partial charge in [0.05, 0.1) is 19.1 Å². The molecule has 0 aromatic heterocycles. The fourth-order valence-corrected chi connectivity index (χ4v) is 2.86. The van der Waals surface area contributed by atoms with Crippen molar-refractivity contribution in [3.63, 3.8) is 0 Å². The van der Waals surface area contributed by atoms with Crippen LogP contribution in [0.2, 0.25) is 0 Å². The van der Waals surface area contributed by atoms with E-state index in [-0.39, 0.29) is 50.7 Å². The van der Waals surface area contributed by atoms with Crippen molar-refractivity contribution in [3.8, 4) is 0 Å². The van der Waals surface area contributed by atoms with Crippen LogP contribution in [-0.4, -0.2) is 95.6 Å². The minimum atomic E-state index is -1.55. The molecule has 0 spiro atoms. The smallest absolute Gasteiger partial charge is 0.326 e. The maximum Gasteiger partial charge on any atom is 0.326 e. The highest BCUT2D eigenvalue weighted by Gasteiger charge is 2.30. The normalized spacial score (nSPS) is 13.7. The molecule has 18 nitrogen and oxygen atoms in total. The van der Waals surface area contributed by atoms with Crippen LogP contribution in [0.1, 0.15) is 32.1 Å². The summed E-state index contributed by atoms with van der Waals surface area (Å²) < 4.78 is 0. The first-order chi connectivity index (χ1) is 17.3. The predicted molar refractivity (Wildman–Crippen MR) is 132 cm³/mol. The largest absolute Gasteiger partial charge is 0.480 e. The van der Waals surface area contributed by atoms with E-state index in [0.717, 1.165) is 0 Å². The van der Waals surface area contributed by atoms with Gasteiger partial charge in [0.25, 0.3) is 0 Å². The molecule has 4 unspecified atom stereocenters. The van der Waals surface area contributed by atoms with E-state index in [1.165, 1.54) is 0 Å². The number of carbonyl (C=O) groups is 5. The molecule has 4 amide bonds. The first-order valence-electron chi connectivity index (χ1n) is 11.2.